The number of anilines is 1. The number of para-hydroxylation sites is 1. The Kier molecular flexibility index (Phi) is 4.62. The van der Waals surface area contributed by atoms with Crippen LogP contribution in [-0.4, -0.2) is 61.4 Å². The molecule has 1 aliphatic heterocycles. The van der Waals surface area contributed by atoms with Crippen molar-refractivity contribution in [3.63, 3.8) is 0 Å². The molecule has 0 bridgehead atoms. The molecule has 1 atom stereocenters. The second kappa shape index (κ2) is 6.24. The molecule has 0 saturated carbocycles. The number of aliphatic hydroxyl groups is 1. The molecule has 1 saturated heterocycles. The molecule has 0 aromatic heterocycles. The Bertz CT molecular complexity index is 440. The Morgan fingerprint density at radius 3 is 2.40 bits per heavy atom. The lowest BCUT2D eigenvalue weighted by Gasteiger charge is -2.38. The van der Waals surface area contributed by atoms with Crippen LogP contribution in [0.15, 0.2) is 30.3 Å². The van der Waals surface area contributed by atoms with Crippen molar-refractivity contribution in [1.29, 1.82) is 0 Å². The molecule has 20 heavy (non-hydrogen) atoms. The maximum atomic E-state index is 11.5. The quantitative estimate of drug-likeness (QED) is 0.823. The summed E-state index contributed by atoms with van der Waals surface area (Å²) in [5.41, 5.74) is -0.226. The summed E-state index contributed by atoms with van der Waals surface area (Å²) in [6, 6.07) is 10.3. The highest BCUT2D eigenvalue weighted by Crippen LogP contribution is 2.17. The number of rotatable bonds is 4. The molecule has 1 aromatic carbocycles. The van der Waals surface area contributed by atoms with Gasteiger partial charge in [0, 0.05) is 38.4 Å². The van der Waals surface area contributed by atoms with Crippen LogP contribution in [-0.2, 0) is 9.53 Å². The van der Waals surface area contributed by atoms with E-state index in [2.05, 4.69) is 26.7 Å². The van der Waals surface area contributed by atoms with Gasteiger partial charge in [0.15, 0.2) is 5.60 Å². The van der Waals surface area contributed by atoms with Gasteiger partial charge in [0.1, 0.15) is 0 Å². The van der Waals surface area contributed by atoms with Crippen LogP contribution in [0.2, 0.25) is 0 Å². The summed E-state index contributed by atoms with van der Waals surface area (Å²) in [7, 11) is 1.30. The summed E-state index contributed by atoms with van der Waals surface area (Å²) in [5, 5.41) is 10.1. The third kappa shape index (κ3) is 3.49. The van der Waals surface area contributed by atoms with Gasteiger partial charge in [-0.2, -0.15) is 0 Å². The lowest BCUT2D eigenvalue weighted by molar-refractivity contribution is -0.162. The van der Waals surface area contributed by atoms with Gasteiger partial charge in [0.2, 0.25) is 0 Å². The van der Waals surface area contributed by atoms with Gasteiger partial charge in [-0.05, 0) is 19.1 Å². The van der Waals surface area contributed by atoms with Gasteiger partial charge in [-0.1, -0.05) is 18.2 Å². The molecule has 0 amide bonds. The van der Waals surface area contributed by atoms with Gasteiger partial charge in [0.05, 0.1) is 7.11 Å². The lowest BCUT2D eigenvalue weighted by atomic mass is 10.1. The molecular weight excluding hydrogens is 256 g/mol. The summed E-state index contributed by atoms with van der Waals surface area (Å²) in [5.74, 6) is -0.581. The first-order valence-corrected chi connectivity index (χ1v) is 6.86. The van der Waals surface area contributed by atoms with Gasteiger partial charge >= 0.3 is 5.97 Å². The zero-order valence-corrected chi connectivity index (χ0v) is 12.1. The van der Waals surface area contributed by atoms with E-state index in [4.69, 9.17) is 0 Å². The molecule has 5 nitrogen and oxygen atoms in total. The van der Waals surface area contributed by atoms with Crippen LogP contribution >= 0.6 is 0 Å². The molecule has 1 fully saturated rings. The van der Waals surface area contributed by atoms with Crippen molar-refractivity contribution >= 4 is 11.7 Å². The highest BCUT2D eigenvalue weighted by molar-refractivity contribution is 5.78. The number of hydrogen-bond acceptors (Lipinski definition) is 5. The largest absolute Gasteiger partial charge is 0.467 e. The van der Waals surface area contributed by atoms with Crippen LogP contribution in [0.1, 0.15) is 6.92 Å². The highest BCUT2D eigenvalue weighted by Gasteiger charge is 2.34. The number of β-amino-alcohol motifs (C(OH)–C–C–N with tert-alkyl or cyclic N) is 1. The van der Waals surface area contributed by atoms with Gasteiger partial charge in [-0.15, -0.1) is 0 Å². The Balaban J connectivity index is 1.87. The summed E-state index contributed by atoms with van der Waals surface area (Å²) in [6.45, 7) is 5.23. The fourth-order valence-corrected chi connectivity index (χ4v) is 2.52. The number of carbonyl (C=O) groups is 1. The molecule has 1 unspecified atom stereocenters. The molecule has 1 aliphatic rings. The number of benzene rings is 1. The van der Waals surface area contributed by atoms with Crippen LogP contribution in [0.4, 0.5) is 5.69 Å². The molecule has 0 spiro atoms. The molecule has 5 heteroatoms. The summed E-state index contributed by atoms with van der Waals surface area (Å²) >= 11 is 0. The standard InChI is InChI=1S/C15H22N2O3/c1-15(19,14(18)20-2)12-16-8-10-17(11-9-16)13-6-4-3-5-7-13/h3-7,19H,8-12H2,1-2H3. The SMILES string of the molecule is COC(=O)C(C)(O)CN1CCN(c2ccccc2)CC1. The first-order valence-electron chi connectivity index (χ1n) is 6.86. The van der Waals surface area contributed by atoms with E-state index in [0.29, 0.717) is 6.54 Å². The third-order valence-corrected chi connectivity index (χ3v) is 3.65. The molecular formula is C15H22N2O3. The number of carbonyl (C=O) groups excluding carboxylic acids is 1. The van der Waals surface area contributed by atoms with Crippen LogP contribution < -0.4 is 4.90 Å². The monoisotopic (exact) mass is 278 g/mol. The summed E-state index contributed by atoms with van der Waals surface area (Å²) in [4.78, 5) is 15.9. The van der Waals surface area contributed by atoms with E-state index in [1.54, 1.807) is 0 Å². The number of piperazine rings is 1. The predicted molar refractivity (Wildman–Crippen MR) is 77.7 cm³/mol. The van der Waals surface area contributed by atoms with Crippen molar-refractivity contribution in [3.8, 4) is 0 Å². The highest BCUT2D eigenvalue weighted by atomic mass is 16.5. The lowest BCUT2D eigenvalue weighted by Crippen LogP contribution is -2.53. The van der Waals surface area contributed by atoms with Gasteiger partial charge in [-0.3, -0.25) is 4.90 Å². The first-order chi connectivity index (χ1) is 9.53. The van der Waals surface area contributed by atoms with Crippen molar-refractivity contribution in [3.05, 3.63) is 30.3 Å². The average molecular weight is 278 g/mol. The first kappa shape index (κ1) is 14.8. The van der Waals surface area contributed by atoms with E-state index in [1.165, 1.54) is 19.7 Å². The number of methoxy groups -OCH3 is 1. The number of ether oxygens (including phenoxy) is 1. The van der Waals surface area contributed by atoms with Gasteiger partial charge < -0.3 is 14.7 Å². The molecule has 1 N–H and O–H groups in total. The zero-order chi connectivity index (χ0) is 14.6. The summed E-state index contributed by atoms with van der Waals surface area (Å²) in [6.07, 6.45) is 0. The molecule has 1 heterocycles. The zero-order valence-electron chi connectivity index (χ0n) is 12.1. The van der Waals surface area contributed by atoms with E-state index in [0.717, 1.165) is 26.2 Å². The predicted octanol–water partition coefficient (Wildman–Crippen LogP) is 0.733. The fraction of sp³-hybridized carbons (Fsp3) is 0.533. The van der Waals surface area contributed by atoms with Gasteiger partial charge in [0.25, 0.3) is 0 Å². The number of nitrogens with zero attached hydrogens (tertiary/aromatic N) is 2. The van der Waals surface area contributed by atoms with E-state index < -0.39 is 11.6 Å². The molecule has 0 aliphatic carbocycles. The molecule has 0 radical (unpaired) electrons. The second-order valence-corrected chi connectivity index (χ2v) is 5.36. The number of esters is 1. The van der Waals surface area contributed by atoms with Crippen LogP contribution in [0.25, 0.3) is 0 Å². The van der Waals surface area contributed by atoms with Crippen molar-refractivity contribution in [2.45, 2.75) is 12.5 Å². The minimum atomic E-state index is -1.44. The maximum Gasteiger partial charge on any atom is 0.338 e. The van der Waals surface area contributed by atoms with Crippen LogP contribution in [0, 0.1) is 0 Å². The second-order valence-electron chi connectivity index (χ2n) is 5.36. The smallest absolute Gasteiger partial charge is 0.338 e. The van der Waals surface area contributed by atoms with Crippen LogP contribution in [0.5, 0.6) is 0 Å². The summed E-state index contributed by atoms with van der Waals surface area (Å²) < 4.78 is 4.62. The Labute approximate surface area is 119 Å². The van der Waals surface area contributed by atoms with E-state index in [1.807, 2.05) is 18.2 Å². The van der Waals surface area contributed by atoms with E-state index in [9.17, 15) is 9.90 Å². The average Bonchev–Trinajstić information content (AvgIpc) is 2.47. The molecule has 1 aromatic rings. The fourth-order valence-electron chi connectivity index (χ4n) is 2.52. The minimum Gasteiger partial charge on any atom is -0.467 e. The normalized spacial score (nSPS) is 19.4. The van der Waals surface area contributed by atoms with Crippen molar-refractivity contribution in [2.24, 2.45) is 0 Å². The van der Waals surface area contributed by atoms with Crippen molar-refractivity contribution in [1.82, 2.24) is 4.90 Å². The maximum absolute atomic E-state index is 11.5. The minimum absolute atomic E-state index is 0.308. The Morgan fingerprint density at radius 1 is 1.25 bits per heavy atom. The molecule has 110 valence electrons. The molecule has 2 rings (SSSR count). The topological polar surface area (TPSA) is 53.0 Å². The van der Waals surface area contributed by atoms with Crippen LogP contribution in [0.3, 0.4) is 0 Å². The van der Waals surface area contributed by atoms with Crippen molar-refractivity contribution < 1.29 is 14.6 Å². The van der Waals surface area contributed by atoms with E-state index >= 15 is 0 Å². The van der Waals surface area contributed by atoms with Crippen molar-refractivity contribution in [2.75, 3.05) is 44.7 Å². The third-order valence-electron chi connectivity index (χ3n) is 3.65. The Hall–Kier alpha value is -1.59. The number of hydrogen-bond donors (Lipinski definition) is 1. The Morgan fingerprint density at radius 2 is 1.85 bits per heavy atom. The van der Waals surface area contributed by atoms with E-state index in [-0.39, 0.29) is 0 Å². The van der Waals surface area contributed by atoms with Gasteiger partial charge in [-0.25, -0.2) is 4.79 Å².